The van der Waals surface area contributed by atoms with Gasteiger partial charge in [-0.3, -0.25) is 0 Å². The second-order valence-corrected chi connectivity index (χ2v) is 3.27. The summed E-state index contributed by atoms with van der Waals surface area (Å²) < 4.78 is 14.1. The summed E-state index contributed by atoms with van der Waals surface area (Å²) in [4.78, 5) is 0. The molecule has 0 aromatic rings. The van der Waals surface area contributed by atoms with Crippen molar-refractivity contribution >= 4 is 0 Å². The van der Waals surface area contributed by atoms with Crippen LogP contribution in [0.2, 0.25) is 0 Å². The molecule has 13 heavy (non-hydrogen) atoms. The fourth-order valence-electron chi connectivity index (χ4n) is 0.464. The number of ether oxygens (including phenoxy) is 3. The van der Waals surface area contributed by atoms with Crippen LogP contribution in [0, 0.1) is 0 Å². The van der Waals surface area contributed by atoms with Gasteiger partial charge in [0.05, 0.1) is 25.4 Å². The molecule has 0 unspecified atom stereocenters. The predicted molar refractivity (Wildman–Crippen MR) is 51.9 cm³/mol. The van der Waals surface area contributed by atoms with E-state index < -0.39 is 5.60 Å². The van der Waals surface area contributed by atoms with Gasteiger partial charge in [-0.1, -0.05) is 0 Å². The highest BCUT2D eigenvalue weighted by Crippen LogP contribution is 1.99. The molecule has 0 amide bonds. The minimum absolute atomic E-state index is 0.357. The van der Waals surface area contributed by atoms with Crippen molar-refractivity contribution in [3.05, 3.63) is 0 Å². The van der Waals surface area contributed by atoms with Gasteiger partial charge in [-0.15, -0.1) is 0 Å². The zero-order valence-corrected chi connectivity index (χ0v) is 9.29. The first kappa shape index (κ1) is 15.3. The Morgan fingerprint density at radius 3 is 1.85 bits per heavy atom. The summed E-state index contributed by atoms with van der Waals surface area (Å²) in [5.41, 5.74) is -0.728. The van der Waals surface area contributed by atoms with E-state index in [1.807, 2.05) is 0 Å². The minimum atomic E-state index is -0.728. The third-order valence-electron chi connectivity index (χ3n) is 0.887. The molecule has 0 rings (SSSR count). The highest BCUT2D eigenvalue weighted by Gasteiger charge is 2.11. The molecule has 0 saturated heterocycles. The Balaban J connectivity index is 0. The van der Waals surface area contributed by atoms with Crippen LogP contribution in [-0.2, 0) is 14.2 Å². The van der Waals surface area contributed by atoms with Gasteiger partial charge in [0.15, 0.2) is 0 Å². The Labute approximate surface area is 80.8 Å². The van der Waals surface area contributed by atoms with Crippen LogP contribution in [0.1, 0.15) is 13.8 Å². The van der Waals surface area contributed by atoms with Crippen molar-refractivity contribution in [3.8, 4) is 0 Å². The van der Waals surface area contributed by atoms with Gasteiger partial charge in [-0.2, -0.15) is 0 Å². The maximum absolute atomic E-state index is 9.15. The van der Waals surface area contributed by atoms with Crippen LogP contribution in [0.4, 0.5) is 0 Å². The summed E-state index contributed by atoms with van der Waals surface area (Å²) in [6, 6.07) is 0. The predicted octanol–water partition coefficient (Wildman–Crippen LogP) is 0.683. The Morgan fingerprint density at radius 1 is 1.08 bits per heavy atom. The van der Waals surface area contributed by atoms with Gasteiger partial charge >= 0.3 is 0 Å². The standard InChI is InChI=1S/C7H16O3.C2H6O/c1-7(2,8)6-10-5-4-9-3;1-3-2/h8H,4-6H2,1-3H3;1-2H3. The molecular weight excluding hydrogens is 172 g/mol. The minimum Gasteiger partial charge on any atom is -0.388 e. The van der Waals surface area contributed by atoms with E-state index in [0.29, 0.717) is 19.8 Å². The van der Waals surface area contributed by atoms with Crippen LogP contribution in [0.3, 0.4) is 0 Å². The monoisotopic (exact) mass is 194 g/mol. The molecule has 4 heteroatoms. The first-order valence-electron chi connectivity index (χ1n) is 4.17. The zero-order valence-electron chi connectivity index (χ0n) is 9.29. The summed E-state index contributed by atoms with van der Waals surface area (Å²) in [5, 5.41) is 9.15. The van der Waals surface area contributed by atoms with Gasteiger partial charge < -0.3 is 19.3 Å². The molecule has 0 aromatic heterocycles. The van der Waals surface area contributed by atoms with Crippen LogP contribution in [-0.4, -0.2) is 51.9 Å². The van der Waals surface area contributed by atoms with Gasteiger partial charge in [0.25, 0.3) is 0 Å². The third-order valence-corrected chi connectivity index (χ3v) is 0.887. The number of methoxy groups -OCH3 is 2. The molecular formula is C9H22O4. The molecule has 0 radical (unpaired) electrons. The van der Waals surface area contributed by atoms with Crippen LogP contribution < -0.4 is 0 Å². The summed E-state index contributed by atoms with van der Waals surface area (Å²) >= 11 is 0. The summed E-state index contributed by atoms with van der Waals surface area (Å²) in [6.45, 7) is 4.90. The average molecular weight is 194 g/mol. The van der Waals surface area contributed by atoms with Gasteiger partial charge in [0.1, 0.15) is 0 Å². The van der Waals surface area contributed by atoms with Crippen molar-refractivity contribution in [3.63, 3.8) is 0 Å². The highest BCUT2D eigenvalue weighted by atomic mass is 16.5. The van der Waals surface area contributed by atoms with E-state index in [1.54, 1.807) is 35.2 Å². The molecule has 0 aliphatic heterocycles. The average Bonchev–Trinajstić information content (AvgIpc) is 1.98. The normalized spacial score (nSPS) is 10.6. The second-order valence-electron chi connectivity index (χ2n) is 3.27. The quantitative estimate of drug-likeness (QED) is 0.654. The first-order chi connectivity index (χ1) is 5.97. The largest absolute Gasteiger partial charge is 0.388 e. The summed E-state index contributed by atoms with van der Waals surface area (Å²) in [6.07, 6.45) is 0. The second kappa shape index (κ2) is 9.92. The van der Waals surface area contributed by atoms with Gasteiger partial charge in [0, 0.05) is 21.3 Å². The molecule has 0 aliphatic carbocycles. The maximum Gasteiger partial charge on any atom is 0.0824 e. The van der Waals surface area contributed by atoms with E-state index in [0.717, 1.165) is 0 Å². The molecule has 0 fully saturated rings. The van der Waals surface area contributed by atoms with E-state index >= 15 is 0 Å². The molecule has 0 spiro atoms. The van der Waals surface area contributed by atoms with Crippen molar-refractivity contribution in [2.45, 2.75) is 19.4 Å². The van der Waals surface area contributed by atoms with Crippen LogP contribution in [0.5, 0.6) is 0 Å². The SMILES string of the molecule is COC.COCCOCC(C)(C)O. The lowest BCUT2D eigenvalue weighted by atomic mass is 10.2. The fraction of sp³-hybridized carbons (Fsp3) is 1.00. The van der Waals surface area contributed by atoms with Crippen molar-refractivity contribution in [2.75, 3.05) is 41.2 Å². The van der Waals surface area contributed by atoms with Crippen molar-refractivity contribution < 1.29 is 19.3 Å². The van der Waals surface area contributed by atoms with Crippen LogP contribution in [0.25, 0.3) is 0 Å². The number of rotatable bonds is 5. The van der Waals surface area contributed by atoms with Crippen LogP contribution in [0.15, 0.2) is 0 Å². The highest BCUT2D eigenvalue weighted by molar-refractivity contribution is 4.62. The van der Waals surface area contributed by atoms with E-state index in [4.69, 9.17) is 14.6 Å². The lowest BCUT2D eigenvalue weighted by Gasteiger charge is -2.16. The lowest BCUT2D eigenvalue weighted by molar-refractivity contribution is -0.0328. The van der Waals surface area contributed by atoms with Gasteiger partial charge in [0.2, 0.25) is 0 Å². The lowest BCUT2D eigenvalue weighted by Crippen LogP contribution is -2.26. The third kappa shape index (κ3) is 24.5. The van der Waals surface area contributed by atoms with E-state index in [9.17, 15) is 0 Å². The Hall–Kier alpha value is -0.160. The first-order valence-corrected chi connectivity index (χ1v) is 4.17. The molecule has 0 bridgehead atoms. The van der Waals surface area contributed by atoms with Gasteiger partial charge in [-0.25, -0.2) is 0 Å². The number of aliphatic hydroxyl groups is 1. The molecule has 0 saturated carbocycles. The van der Waals surface area contributed by atoms with E-state index in [1.165, 1.54) is 0 Å². The van der Waals surface area contributed by atoms with E-state index in [-0.39, 0.29) is 0 Å². The topological polar surface area (TPSA) is 47.9 Å². The number of hydrogen-bond donors (Lipinski definition) is 1. The van der Waals surface area contributed by atoms with Crippen molar-refractivity contribution in [1.29, 1.82) is 0 Å². The van der Waals surface area contributed by atoms with Crippen molar-refractivity contribution in [1.82, 2.24) is 0 Å². The molecule has 82 valence electrons. The Morgan fingerprint density at radius 2 is 1.54 bits per heavy atom. The summed E-state index contributed by atoms with van der Waals surface area (Å²) in [7, 11) is 4.87. The Bertz CT molecular complexity index is 88.1. The van der Waals surface area contributed by atoms with Crippen molar-refractivity contribution in [2.24, 2.45) is 0 Å². The molecule has 0 atom stereocenters. The summed E-state index contributed by atoms with van der Waals surface area (Å²) in [5.74, 6) is 0. The molecule has 1 N–H and O–H groups in total. The molecule has 0 aliphatic rings. The molecule has 4 nitrogen and oxygen atoms in total. The zero-order chi connectivity index (χ0) is 10.7. The molecule has 0 aromatic carbocycles. The number of hydrogen-bond acceptors (Lipinski definition) is 4. The smallest absolute Gasteiger partial charge is 0.0824 e. The van der Waals surface area contributed by atoms with Gasteiger partial charge in [-0.05, 0) is 13.8 Å². The van der Waals surface area contributed by atoms with E-state index in [2.05, 4.69) is 4.74 Å². The Kier molecular flexibility index (Phi) is 11.7. The molecule has 0 heterocycles. The van der Waals surface area contributed by atoms with Crippen LogP contribution >= 0.6 is 0 Å². The maximum atomic E-state index is 9.15. The fourth-order valence-corrected chi connectivity index (χ4v) is 0.464.